The van der Waals surface area contributed by atoms with Gasteiger partial charge in [0.05, 0.1) is 17.2 Å². The third-order valence-corrected chi connectivity index (χ3v) is 6.02. The van der Waals surface area contributed by atoms with Gasteiger partial charge < -0.3 is 15.5 Å². The first-order valence-corrected chi connectivity index (χ1v) is 10.2. The van der Waals surface area contributed by atoms with Gasteiger partial charge in [-0.05, 0) is 51.0 Å². The van der Waals surface area contributed by atoms with Crippen LogP contribution in [0.1, 0.15) is 53.7 Å². The Labute approximate surface area is 177 Å². The van der Waals surface area contributed by atoms with Gasteiger partial charge >= 0.3 is 0 Å². The van der Waals surface area contributed by atoms with E-state index in [9.17, 15) is 9.59 Å². The first-order valence-electron chi connectivity index (χ1n) is 9.42. The van der Waals surface area contributed by atoms with E-state index in [1.807, 2.05) is 4.90 Å². The lowest BCUT2D eigenvalue weighted by Crippen LogP contribution is -2.46. The van der Waals surface area contributed by atoms with Gasteiger partial charge in [-0.1, -0.05) is 6.92 Å². The Balaban J connectivity index is 0.00000182. The Bertz CT molecular complexity index is 608. The van der Waals surface area contributed by atoms with E-state index >= 15 is 0 Å². The van der Waals surface area contributed by atoms with Crippen molar-refractivity contribution in [1.82, 2.24) is 20.5 Å². The first-order chi connectivity index (χ1) is 12.2. The van der Waals surface area contributed by atoms with Crippen molar-refractivity contribution in [2.75, 3.05) is 26.2 Å². The molecule has 2 amide bonds. The highest BCUT2D eigenvalue weighted by Crippen LogP contribution is 2.21. The summed E-state index contributed by atoms with van der Waals surface area (Å²) in [6, 6.07) is -0.0319. The molecule has 2 aliphatic heterocycles. The van der Waals surface area contributed by atoms with Gasteiger partial charge in [0.2, 0.25) is 5.91 Å². The molecule has 0 radical (unpaired) electrons. The number of hydrogen-bond acceptors (Lipinski definition) is 5. The van der Waals surface area contributed by atoms with Crippen LogP contribution in [-0.4, -0.2) is 53.9 Å². The first kappa shape index (κ1) is 24.1. The number of carbonyl (C=O) groups excluding carboxylic acids is 2. The van der Waals surface area contributed by atoms with Gasteiger partial charge in [0.1, 0.15) is 4.88 Å². The topological polar surface area (TPSA) is 74.3 Å². The number of aryl methyl sites for hydroxylation is 1. The molecule has 3 heterocycles. The third kappa shape index (κ3) is 6.59. The second kappa shape index (κ2) is 11.8. The lowest BCUT2D eigenvalue weighted by molar-refractivity contribution is -0.123. The molecular weight excluding hydrogens is 407 g/mol. The highest BCUT2D eigenvalue weighted by atomic mass is 35.5. The van der Waals surface area contributed by atoms with Crippen LogP contribution in [0.25, 0.3) is 0 Å². The second-order valence-corrected chi connectivity index (χ2v) is 8.14. The Hall–Kier alpha value is -0.890. The lowest BCUT2D eigenvalue weighted by atomic mass is 9.97. The van der Waals surface area contributed by atoms with Crippen molar-refractivity contribution >= 4 is 48.0 Å². The van der Waals surface area contributed by atoms with Gasteiger partial charge in [-0.2, -0.15) is 0 Å². The summed E-state index contributed by atoms with van der Waals surface area (Å²) in [5.74, 6) is 0.534. The summed E-state index contributed by atoms with van der Waals surface area (Å²) in [6.45, 7) is 5.23. The number of likely N-dealkylation sites (tertiary alicyclic amines) is 1. The number of rotatable bonds is 6. The van der Waals surface area contributed by atoms with Crippen molar-refractivity contribution in [1.29, 1.82) is 0 Å². The average Bonchev–Trinajstić information content (AvgIpc) is 3.31. The van der Waals surface area contributed by atoms with Crippen LogP contribution in [0.3, 0.4) is 0 Å². The minimum Gasteiger partial charge on any atom is -0.354 e. The van der Waals surface area contributed by atoms with Crippen LogP contribution in [0.5, 0.6) is 0 Å². The molecule has 3 rings (SSSR count). The van der Waals surface area contributed by atoms with E-state index in [2.05, 4.69) is 22.5 Å². The second-order valence-electron chi connectivity index (χ2n) is 7.02. The number of halogens is 2. The molecule has 0 spiro atoms. The molecule has 2 aliphatic rings. The number of nitrogens with zero attached hydrogens (tertiary/aromatic N) is 2. The number of piperidine rings is 1. The normalized spacial score (nSPS) is 21.9. The Morgan fingerprint density at radius 2 is 2.15 bits per heavy atom. The fourth-order valence-corrected chi connectivity index (χ4v) is 4.57. The fourth-order valence-electron chi connectivity index (χ4n) is 3.59. The molecule has 27 heavy (non-hydrogen) atoms. The van der Waals surface area contributed by atoms with Crippen molar-refractivity contribution in [2.45, 2.75) is 51.5 Å². The monoisotopic (exact) mass is 436 g/mol. The van der Waals surface area contributed by atoms with Crippen molar-refractivity contribution in [3.63, 3.8) is 0 Å². The van der Waals surface area contributed by atoms with Gasteiger partial charge in [-0.15, -0.1) is 36.2 Å². The van der Waals surface area contributed by atoms with E-state index in [1.54, 1.807) is 6.20 Å². The SMILES string of the molecule is CCCc1ncc(C(=O)N2CCCC(CNC(=O)C3CCCN3)C2)s1.Cl.Cl. The zero-order chi connectivity index (χ0) is 17.6. The highest BCUT2D eigenvalue weighted by molar-refractivity contribution is 7.13. The summed E-state index contributed by atoms with van der Waals surface area (Å²) >= 11 is 1.52. The summed E-state index contributed by atoms with van der Waals surface area (Å²) in [6.07, 6.45) is 7.74. The quantitative estimate of drug-likeness (QED) is 0.718. The molecule has 2 unspecified atom stereocenters. The van der Waals surface area contributed by atoms with E-state index in [-0.39, 0.29) is 42.7 Å². The van der Waals surface area contributed by atoms with Crippen LogP contribution in [0.4, 0.5) is 0 Å². The molecule has 0 aromatic carbocycles. The predicted molar refractivity (Wildman–Crippen MR) is 113 cm³/mol. The van der Waals surface area contributed by atoms with Crippen molar-refractivity contribution in [2.24, 2.45) is 5.92 Å². The van der Waals surface area contributed by atoms with E-state index in [4.69, 9.17) is 0 Å². The minimum atomic E-state index is -0.0319. The number of carbonyl (C=O) groups is 2. The highest BCUT2D eigenvalue weighted by Gasteiger charge is 2.27. The van der Waals surface area contributed by atoms with Crippen molar-refractivity contribution < 1.29 is 9.59 Å². The Morgan fingerprint density at radius 3 is 2.85 bits per heavy atom. The molecule has 6 nitrogen and oxygen atoms in total. The van der Waals surface area contributed by atoms with Crippen LogP contribution in [0.2, 0.25) is 0 Å². The maximum Gasteiger partial charge on any atom is 0.265 e. The van der Waals surface area contributed by atoms with Gasteiger partial charge in [0.25, 0.3) is 5.91 Å². The van der Waals surface area contributed by atoms with Crippen LogP contribution < -0.4 is 10.6 Å². The molecule has 9 heteroatoms. The Kier molecular flexibility index (Phi) is 10.6. The molecule has 0 bridgehead atoms. The largest absolute Gasteiger partial charge is 0.354 e. The molecule has 2 saturated heterocycles. The molecule has 2 atom stereocenters. The molecular formula is C18H30Cl2N4O2S. The molecule has 2 fully saturated rings. The third-order valence-electron chi connectivity index (χ3n) is 4.98. The van der Waals surface area contributed by atoms with Gasteiger partial charge in [-0.3, -0.25) is 9.59 Å². The fraction of sp³-hybridized carbons (Fsp3) is 0.722. The molecule has 2 N–H and O–H groups in total. The number of amides is 2. The summed E-state index contributed by atoms with van der Waals surface area (Å²) in [5.41, 5.74) is 0. The zero-order valence-electron chi connectivity index (χ0n) is 15.7. The van der Waals surface area contributed by atoms with E-state index < -0.39 is 0 Å². The maximum absolute atomic E-state index is 12.7. The molecule has 0 aliphatic carbocycles. The van der Waals surface area contributed by atoms with E-state index in [0.29, 0.717) is 12.5 Å². The number of nitrogens with one attached hydrogen (secondary N) is 2. The van der Waals surface area contributed by atoms with Crippen molar-refractivity contribution in [3.05, 3.63) is 16.1 Å². The molecule has 1 aromatic rings. The zero-order valence-corrected chi connectivity index (χ0v) is 18.2. The molecule has 1 aromatic heterocycles. The molecule has 0 saturated carbocycles. The number of thiazole rings is 1. The minimum absolute atomic E-state index is 0. The standard InChI is InChI=1S/C18H28N4O2S.2ClH/c1-2-5-16-20-11-15(25-16)18(24)22-9-4-6-13(12-22)10-21-17(23)14-7-3-8-19-14;;/h11,13-14,19H,2-10,12H2,1H3,(H,21,23);2*1H. The number of aromatic nitrogens is 1. The summed E-state index contributed by atoms with van der Waals surface area (Å²) < 4.78 is 0. The van der Waals surface area contributed by atoms with E-state index in [1.165, 1.54) is 11.3 Å². The van der Waals surface area contributed by atoms with Crippen LogP contribution in [0.15, 0.2) is 6.20 Å². The summed E-state index contributed by atoms with van der Waals surface area (Å²) in [7, 11) is 0. The predicted octanol–water partition coefficient (Wildman–Crippen LogP) is 2.66. The average molecular weight is 437 g/mol. The summed E-state index contributed by atoms with van der Waals surface area (Å²) in [4.78, 5) is 31.9. The van der Waals surface area contributed by atoms with Crippen LogP contribution in [0, 0.1) is 5.92 Å². The van der Waals surface area contributed by atoms with Gasteiger partial charge in [0.15, 0.2) is 0 Å². The maximum atomic E-state index is 12.7. The van der Waals surface area contributed by atoms with Crippen LogP contribution >= 0.6 is 36.2 Å². The lowest BCUT2D eigenvalue weighted by Gasteiger charge is -2.32. The Morgan fingerprint density at radius 1 is 1.33 bits per heavy atom. The van der Waals surface area contributed by atoms with Crippen molar-refractivity contribution in [3.8, 4) is 0 Å². The smallest absolute Gasteiger partial charge is 0.265 e. The van der Waals surface area contributed by atoms with Gasteiger partial charge in [0, 0.05) is 19.6 Å². The molecule has 154 valence electrons. The van der Waals surface area contributed by atoms with Gasteiger partial charge in [-0.25, -0.2) is 4.98 Å². The summed E-state index contributed by atoms with van der Waals surface area (Å²) in [5, 5.41) is 7.33. The van der Waals surface area contributed by atoms with E-state index in [0.717, 1.165) is 68.0 Å². The van der Waals surface area contributed by atoms with Crippen LogP contribution in [-0.2, 0) is 11.2 Å². The number of hydrogen-bond donors (Lipinski definition) is 2.